The summed E-state index contributed by atoms with van der Waals surface area (Å²) in [6.45, 7) is 0. The smallest absolute Gasteiger partial charge is 0.0689 e. The molecule has 0 bridgehead atoms. The van der Waals surface area contributed by atoms with Crippen molar-refractivity contribution < 1.29 is 24.8 Å². The Morgan fingerprint density at radius 3 is 1.12 bits per heavy atom. The van der Waals surface area contributed by atoms with Gasteiger partial charge in [0.25, 0.3) is 0 Å². The van der Waals surface area contributed by atoms with Gasteiger partial charge in [0.1, 0.15) is 0 Å². The first-order valence-corrected chi connectivity index (χ1v) is 1.50. The van der Waals surface area contributed by atoms with E-state index < -0.39 is 9.09 Å². The molecule has 0 unspecified atom stereocenters. The summed E-state index contributed by atoms with van der Waals surface area (Å²) in [5, 5.41) is 23.4. The quantitative estimate of drug-likeness (QED) is 0.273. The van der Waals surface area contributed by atoms with Crippen LogP contribution in [-0.2, 0) is 15.7 Å². The first kappa shape index (κ1) is 10.2. The van der Waals surface area contributed by atoms with Crippen molar-refractivity contribution in [3.8, 4) is 0 Å². The predicted molar refractivity (Wildman–Crippen MR) is 17.4 cm³/mol. The molecule has 0 atom stereocenters. The van der Waals surface area contributed by atoms with Crippen LogP contribution in [0.4, 0.5) is 0 Å². The third-order valence-electron chi connectivity index (χ3n) is 0. The van der Waals surface area contributed by atoms with E-state index in [9.17, 15) is 0 Å². The Hall–Kier alpha value is -0.906. The molecule has 0 aliphatic rings. The number of rotatable bonds is 0. The van der Waals surface area contributed by atoms with Gasteiger partial charge < -0.3 is 15.3 Å². The van der Waals surface area contributed by atoms with E-state index in [1.54, 1.807) is 0 Å². The van der Waals surface area contributed by atoms with Crippen LogP contribution in [-0.4, -0.2) is 9.09 Å². The summed E-state index contributed by atoms with van der Waals surface area (Å²) in [7, 11) is 0. The summed E-state index contributed by atoms with van der Waals surface area (Å²) >= 11 is 3.10. The molecule has 0 aromatic heterocycles. The van der Waals surface area contributed by atoms with Crippen LogP contribution in [0.1, 0.15) is 0 Å². The number of nitrogens with zero attached hydrogens (tertiary/aromatic N) is 2. The topological polar surface area (TPSA) is 109 Å². The van der Waals surface area contributed by atoms with E-state index in [-0.39, 0.29) is 0 Å². The Balaban J connectivity index is 0. The molecule has 0 heterocycles. The van der Waals surface area contributed by atoms with Crippen molar-refractivity contribution in [3.63, 3.8) is 0 Å². The van der Waals surface area contributed by atoms with Gasteiger partial charge in [0.05, 0.1) is 5.09 Å². The van der Waals surface area contributed by atoms with E-state index in [0.29, 0.717) is 0 Å². The third kappa shape index (κ3) is 104. The van der Waals surface area contributed by atoms with Crippen LogP contribution in [0.25, 0.3) is 0 Å². The van der Waals surface area contributed by atoms with Crippen molar-refractivity contribution in [2.45, 2.75) is 0 Å². The molecule has 0 saturated heterocycles. The SMILES string of the molecule is O=[N+]([O-])[Ni+].O=[N+]([O-])[O-]. The van der Waals surface area contributed by atoms with Crippen LogP contribution in [0.3, 0.4) is 0 Å². The van der Waals surface area contributed by atoms with Gasteiger partial charge in [-0.2, -0.15) is 0 Å². The number of hydrogen-bond donors (Lipinski definition) is 0. The minimum atomic E-state index is -1.75. The molecule has 0 aliphatic carbocycles. The standard InChI is InChI=1S/NO3.NO2.Ni/c2-1(3)4;2-1-3;/q-1;;+1. The molecule has 7 nitrogen and oxygen atoms in total. The molecule has 0 saturated carbocycles. The normalized spacial score (nSPS) is 6.25. The molecular formula is N2NiO5. The van der Waals surface area contributed by atoms with Crippen LogP contribution in [0.2, 0.25) is 0 Å². The number of hydrogen-bond acceptors (Lipinski definition) is 5. The Kier molecular flexibility index (Phi) is 7.73. The van der Waals surface area contributed by atoms with Crippen molar-refractivity contribution in [1.29, 1.82) is 0 Å². The second-order valence-electron chi connectivity index (χ2n) is 0.414. The fraction of sp³-hybridized carbons (Fsp3) is 0. The minimum absolute atomic E-state index is 0.875. The fourth-order valence-corrected chi connectivity index (χ4v) is 0. The molecule has 0 aliphatic heterocycles. The van der Waals surface area contributed by atoms with Crippen LogP contribution in [0.15, 0.2) is 0 Å². The molecular weight excluding hydrogens is 167 g/mol. The maximum absolute atomic E-state index is 8.64. The Labute approximate surface area is 51.1 Å². The Morgan fingerprint density at radius 1 is 1.12 bits per heavy atom. The van der Waals surface area contributed by atoms with E-state index >= 15 is 0 Å². The monoisotopic (exact) mass is 166 g/mol. The van der Waals surface area contributed by atoms with Crippen LogP contribution in [0, 0.1) is 25.4 Å². The van der Waals surface area contributed by atoms with Crippen LogP contribution < -0.4 is 0 Å². The van der Waals surface area contributed by atoms with Gasteiger partial charge >= 0.3 is 29.8 Å². The minimum Gasteiger partial charge on any atom is -0.356 e. The molecule has 8 heteroatoms. The Morgan fingerprint density at radius 2 is 1.12 bits per heavy atom. The summed E-state index contributed by atoms with van der Waals surface area (Å²) in [6, 6.07) is 0. The van der Waals surface area contributed by atoms with Gasteiger partial charge in [-0.3, -0.25) is 0 Å². The second kappa shape index (κ2) is 6.09. The summed E-state index contributed by atoms with van der Waals surface area (Å²) in [4.78, 5) is 16.9. The van der Waals surface area contributed by atoms with Crippen molar-refractivity contribution >= 4 is 0 Å². The maximum Gasteiger partial charge on any atom is 0.0689 e. The van der Waals surface area contributed by atoms with Crippen molar-refractivity contribution in [1.82, 2.24) is 0 Å². The van der Waals surface area contributed by atoms with Gasteiger partial charge in [0.15, 0.2) is 0 Å². The summed E-state index contributed by atoms with van der Waals surface area (Å²) in [5.41, 5.74) is 0. The zero-order valence-corrected chi connectivity index (χ0v) is 4.24. The van der Waals surface area contributed by atoms with Gasteiger partial charge in [-0.1, -0.05) is 0 Å². The van der Waals surface area contributed by atoms with Crippen molar-refractivity contribution in [2.24, 2.45) is 0 Å². The molecule has 0 fully saturated rings. The number of nitro groups is 1. The zero-order chi connectivity index (χ0) is 7.15. The molecule has 0 spiro atoms. The molecule has 0 N–H and O–H groups in total. The van der Waals surface area contributed by atoms with E-state index in [0.717, 1.165) is 0 Å². The van der Waals surface area contributed by atoms with E-state index in [4.69, 9.17) is 25.4 Å². The molecule has 0 aromatic rings. The first-order valence-electron chi connectivity index (χ1n) is 1.05. The summed E-state index contributed by atoms with van der Waals surface area (Å²) < 4.78 is -0.875. The second-order valence-corrected chi connectivity index (χ2v) is 0.774. The Bertz CT molecular complexity index is 68.4. The van der Waals surface area contributed by atoms with E-state index in [1.165, 1.54) is 0 Å². The van der Waals surface area contributed by atoms with Crippen molar-refractivity contribution in [2.75, 3.05) is 0 Å². The van der Waals surface area contributed by atoms with Gasteiger partial charge in [-0.05, 0) is 0 Å². The predicted octanol–water partition coefficient (Wildman–Crippen LogP) is -0.514. The molecule has 50 valence electrons. The molecule has 8 heavy (non-hydrogen) atoms. The molecule has 0 amide bonds. The van der Waals surface area contributed by atoms with Gasteiger partial charge in [0, 0.05) is 0 Å². The average molecular weight is 167 g/mol. The van der Waals surface area contributed by atoms with E-state index in [1.807, 2.05) is 0 Å². The van der Waals surface area contributed by atoms with Crippen LogP contribution in [0.5, 0.6) is 0 Å². The average Bonchev–Trinajstić information content (AvgIpc) is 1.25. The van der Waals surface area contributed by atoms with Crippen LogP contribution >= 0.6 is 0 Å². The van der Waals surface area contributed by atoms with Crippen molar-refractivity contribution in [3.05, 3.63) is 25.4 Å². The van der Waals surface area contributed by atoms with E-state index in [2.05, 4.69) is 15.7 Å². The summed E-state index contributed by atoms with van der Waals surface area (Å²) in [6.07, 6.45) is 0. The van der Waals surface area contributed by atoms with Gasteiger partial charge in [-0.25, -0.2) is 0 Å². The molecule has 0 rings (SSSR count). The maximum atomic E-state index is 8.64. The van der Waals surface area contributed by atoms with Gasteiger partial charge in [-0.15, -0.1) is 0 Å². The molecule has 0 aromatic carbocycles. The third-order valence-corrected chi connectivity index (χ3v) is 0. The largest absolute Gasteiger partial charge is 0.356 e. The van der Waals surface area contributed by atoms with Gasteiger partial charge in [0.2, 0.25) is 0 Å². The first-order chi connectivity index (χ1) is 3.46. The zero-order valence-electron chi connectivity index (χ0n) is 3.25. The fourth-order valence-electron chi connectivity index (χ4n) is 0. The molecule has 0 radical (unpaired) electrons. The summed E-state index contributed by atoms with van der Waals surface area (Å²) in [5.74, 6) is 0.